The quantitative estimate of drug-likeness (QED) is 0.456. The van der Waals surface area contributed by atoms with E-state index in [-0.39, 0.29) is 11.6 Å². The fourth-order valence-corrected chi connectivity index (χ4v) is 2.62. The molecule has 0 unspecified atom stereocenters. The van der Waals surface area contributed by atoms with Crippen molar-refractivity contribution in [3.63, 3.8) is 0 Å². The normalized spacial score (nSPS) is 11.5. The molecule has 0 spiro atoms. The van der Waals surface area contributed by atoms with Crippen LogP contribution in [0.4, 0.5) is 29.2 Å². The Morgan fingerprint density at radius 1 is 1.04 bits per heavy atom. The van der Waals surface area contributed by atoms with Crippen LogP contribution in [0.2, 0.25) is 10.0 Å². The molecular formula is C18H11Cl2F4N3O. The lowest BCUT2D eigenvalue weighted by molar-refractivity contribution is -0.253. The third-order valence-corrected chi connectivity index (χ3v) is 4.02. The van der Waals surface area contributed by atoms with E-state index in [0.717, 1.165) is 12.1 Å². The molecule has 28 heavy (non-hydrogen) atoms. The first kappa shape index (κ1) is 20.2. The van der Waals surface area contributed by atoms with Crippen LogP contribution in [0.25, 0.3) is 11.3 Å². The standard InChI is InChI=1S/C18H11Cl2F4N3O/c19-10-4-5-14(20)13(8-10)15-6-7-25-17(27-15)26-11-2-1-3-12(9-11)28-18(23,24)16(21)22/h1-9,16H,(H,25,26,27). The number of alkyl halides is 4. The fraction of sp³-hybridized carbons (Fsp3) is 0.111. The van der Waals surface area contributed by atoms with Crippen LogP contribution in [0.15, 0.2) is 54.7 Å². The summed E-state index contributed by atoms with van der Waals surface area (Å²) in [5.41, 5.74) is 1.31. The van der Waals surface area contributed by atoms with Gasteiger partial charge in [-0.1, -0.05) is 29.3 Å². The third-order valence-electron chi connectivity index (χ3n) is 3.46. The van der Waals surface area contributed by atoms with Gasteiger partial charge in [-0.3, -0.25) is 0 Å². The Morgan fingerprint density at radius 3 is 2.57 bits per heavy atom. The molecule has 0 aliphatic carbocycles. The molecule has 1 N–H and O–H groups in total. The summed E-state index contributed by atoms with van der Waals surface area (Å²) in [4.78, 5) is 8.34. The molecule has 10 heteroatoms. The van der Waals surface area contributed by atoms with Crippen LogP contribution in [0, 0.1) is 0 Å². The van der Waals surface area contributed by atoms with Crippen LogP contribution < -0.4 is 10.1 Å². The molecule has 0 saturated heterocycles. The summed E-state index contributed by atoms with van der Waals surface area (Å²) in [6.07, 6.45) is -7.09. The van der Waals surface area contributed by atoms with E-state index in [1.54, 1.807) is 24.3 Å². The first-order valence-electron chi connectivity index (χ1n) is 7.75. The monoisotopic (exact) mass is 431 g/mol. The van der Waals surface area contributed by atoms with Crippen LogP contribution in [-0.4, -0.2) is 22.5 Å². The molecule has 0 radical (unpaired) electrons. The van der Waals surface area contributed by atoms with E-state index in [9.17, 15) is 17.6 Å². The Bertz CT molecular complexity index is 989. The second-order valence-electron chi connectivity index (χ2n) is 5.51. The summed E-state index contributed by atoms with van der Waals surface area (Å²) < 4.78 is 54.8. The van der Waals surface area contributed by atoms with Crippen molar-refractivity contribution in [2.75, 3.05) is 5.32 Å². The predicted molar refractivity (Wildman–Crippen MR) is 98.8 cm³/mol. The molecule has 4 nitrogen and oxygen atoms in total. The minimum Gasteiger partial charge on any atom is -0.428 e. The third kappa shape index (κ3) is 4.82. The highest BCUT2D eigenvalue weighted by Gasteiger charge is 2.43. The number of rotatable bonds is 6. The molecule has 0 bridgehead atoms. The Labute approximate surface area is 167 Å². The summed E-state index contributed by atoms with van der Waals surface area (Å²) in [7, 11) is 0. The average molecular weight is 432 g/mol. The molecule has 0 fully saturated rings. The predicted octanol–water partition coefficient (Wildman–Crippen LogP) is 6.43. The second kappa shape index (κ2) is 8.20. The summed E-state index contributed by atoms with van der Waals surface area (Å²) in [6.45, 7) is 0. The molecule has 0 aliphatic rings. The zero-order valence-electron chi connectivity index (χ0n) is 13.8. The largest absolute Gasteiger partial charge is 0.461 e. The van der Waals surface area contributed by atoms with Gasteiger partial charge in [0.25, 0.3) is 0 Å². The van der Waals surface area contributed by atoms with Gasteiger partial charge in [0, 0.05) is 28.5 Å². The molecule has 0 atom stereocenters. The molecule has 3 rings (SSSR count). The zero-order valence-corrected chi connectivity index (χ0v) is 15.4. The van der Waals surface area contributed by atoms with Crippen LogP contribution in [-0.2, 0) is 0 Å². The highest BCUT2D eigenvalue weighted by atomic mass is 35.5. The van der Waals surface area contributed by atoms with Crippen molar-refractivity contribution in [1.29, 1.82) is 0 Å². The van der Waals surface area contributed by atoms with Crippen molar-refractivity contribution in [2.24, 2.45) is 0 Å². The van der Waals surface area contributed by atoms with E-state index >= 15 is 0 Å². The lowest BCUT2D eigenvalue weighted by Gasteiger charge is -2.17. The number of hydrogen-bond acceptors (Lipinski definition) is 4. The van der Waals surface area contributed by atoms with Gasteiger partial charge in [-0.05, 0) is 36.4 Å². The van der Waals surface area contributed by atoms with Crippen LogP contribution in [0.3, 0.4) is 0 Å². The van der Waals surface area contributed by atoms with Gasteiger partial charge in [0.05, 0.1) is 10.7 Å². The van der Waals surface area contributed by atoms with Crippen LogP contribution >= 0.6 is 23.2 Å². The first-order chi connectivity index (χ1) is 13.2. The molecule has 0 aliphatic heterocycles. The van der Waals surface area contributed by atoms with Crippen molar-refractivity contribution in [1.82, 2.24) is 9.97 Å². The topological polar surface area (TPSA) is 47.0 Å². The summed E-state index contributed by atoms with van der Waals surface area (Å²) in [5, 5.41) is 3.69. The molecule has 146 valence electrons. The number of nitrogens with one attached hydrogen (secondary N) is 1. The lowest BCUT2D eigenvalue weighted by Crippen LogP contribution is -2.33. The highest BCUT2D eigenvalue weighted by Crippen LogP contribution is 2.31. The Morgan fingerprint density at radius 2 is 1.82 bits per heavy atom. The molecule has 0 amide bonds. The van der Waals surface area contributed by atoms with Gasteiger partial charge in [0.15, 0.2) is 0 Å². The van der Waals surface area contributed by atoms with E-state index in [0.29, 0.717) is 21.3 Å². The Balaban J connectivity index is 1.83. The number of aromatic nitrogens is 2. The van der Waals surface area contributed by atoms with Crippen molar-refractivity contribution in [2.45, 2.75) is 12.5 Å². The molecule has 3 aromatic rings. The molecular weight excluding hydrogens is 421 g/mol. The van der Waals surface area contributed by atoms with Gasteiger partial charge >= 0.3 is 12.5 Å². The maximum atomic E-state index is 13.1. The highest BCUT2D eigenvalue weighted by molar-refractivity contribution is 6.35. The van der Waals surface area contributed by atoms with E-state index in [4.69, 9.17) is 23.2 Å². The minimum atomic E-state index is -4.60. The van der Waals surface area contributed by atoms with E-state index in [1.807, 2.05) is 0 Å². The van der Waals surface area contributed by atoms with Crippen molar-refractivity contribution in [3.05, 3.63) is 64.8 Å². The van der Waals surface area contributed by atoms with Gasteiger partial charge in [-0.25, -0.2) is 9.97 Å². The number of halogens is 6. The van der Waals surface area contributed by atoms with Crippen LogP contribution in [0.1, 0.15) is 0 Å². The molecule has 1 heterocycles. The molecule has 1 aromatic heterocycles. The average Bonchev–Trinajstić information content (AvgIpc) is 2.64. The summed E-state index contributed by atoms with van der Waals surface area (Å²) in [5.74, 6) is -0.310. The summed E-state index contributed by atoms with van der Waals surface area (Å²) >= 11 is 12.1. The summed E-state index contributed by atoms with van der Waals surface area (Å²) in [6, 6.07) is 11.6. The van der Waals surface area contributed by atoms with Gasteiger partial charge in [-0.2, -0.15) is 17.6 Å². The number of benzene rings is 2. The van der Waals surface area contributed by atoms with Crippen molar-refractivity contribution < 1.29 is 22.3 Å². The number of nitrogens with zero attached hydrogens (tertiary/aromatic N) is 2. The van der Waals surface area contributed by atoms with E-state index in [2.05, 4.69) is 20.0 Å². The van der Waals surface area contributed by atoms with Crippen molar-refractivity contribution in [3.8, 4) is 17.0 Å². The zero-order chi connectivity index (χ0) is 20.3. The second-order valence-corrected chi connectivity index (χ2v) is 6.35. The maximum Gasteiger partial charge on any atom is 0.461 e. The smallest absolute Gasteiger partial charge is 0.428 e. The Hall–Kier alpha value is -2.58. The minimum absolute atomic E-state index is 0.131. The van der Waals surface area contributed by atoms with Gasteiger partial charge in [-0.15, -0.1) is 0 Å². The van der Waals surface area contributed by atoms with Crippen molar-refractivity contribution >= 4 is 34.8 Å². The fourth-order valence-electron chi connectivity index (χ4n) is 2.23. The Kier molecular flexibility index (Phi) is 5.90. The molecule has 0 saturated carbocycles. The first-order valence-corrected chi connectivity index (χ1v) is 8.51. The van der Waals surface area contributed by atoms with E-state index < -0.39 is 18.3 Å². The molecule has 2 aromatic carbocycles. The SMILES string of the molecule is FC(F)C(F)(F)Oc1cccc(Nc2nccc(-c3cc(Cl)ccc3Cl)n2)c1. The lowest BCUT2D eigenvalue weighted by atomic mass is 10.1. The number of hydrogen-bond donors (Lipinski definition) is 1. The van der Waals surface area contributed by atoms with Crippen LogP contribution in [0.5, 0.6) is 5.75 Å². The van der Waals surface area contributed by atoms with Gasteiger partial charge in [0.2, 0.25) is 5.95 Å². The van der Waals surface area contributed by atoms with E-state index in [1.165, 1.54) is 18.3 Å². The number of ether oxygens (including phenoxy) is 1. The maximum absolute atomic E-state index is 13.1. The van der Waals surface area contributed by atoms with Gasteiger partial charge in [0.1, 0.15) is 5.75 Å². The number of anilines is 2. The van der Waals surface area contributed by atoms with Gasteiger partial charge < -0.3 is 10.1 Å².